The van der Waals surface area contributed by atoms with Crippen molar-refractivity contribution in [3.63, 3.8) is 0 Å². The summed E-state index contributed by atoms with van der Waals surface area (Å²) in [6.07, 6.45) is 3.86. The maximum Gasteiger partial charge on any atom is 0.234 e. The van der Waals surface area contributed by atoms with Gasteiger partial charge in [0.25, 0.3) is 0 Å². The lowest BCUT2D eigenvalue weighted by molar-refractivity contribution is -0.124. The Kier molecular flexibility index (Phi) is 5.59. The summed E-state index contributed by atoms with van der Waals surface area (Å²) in [4.78, 5) is 19.0. The summed E-state index contributed by atoms with van der Waals surface area (Å²) in [6, 6.07) is 11.9. The van der Waals surface area contributed by atoms with Crippen LogP contribution in [0.15, 0.2) is 42.6 Å². The smallest absolute Gasteiger partial charge is 0.234 e. The first kappa shape index (κ1) is 18.9. The fourth-order valence-corrected chi connectivity index (χ4v) is 4.06. The molecule has 148 valence electrons. The van der Waals surface area contributed by atoms with Crippen molar-refractivity contribution in [2.45, 2.75) is 38.0 Å². The predicted octanol–water partition coefficient (Wildman–Crippen LogP) is 2.08. The van der Waals surface area contributed by atoms with Gasteiger partial charge in [-0.3, -0.25) is 14.7 Å². The van der Waals surface area contributed by atoms with Gasteiger partial charge in [0, 0.05) is 19.2 Å². The summed E-state index contributed by atoms with van der Waals surface area (Å²) in [5, 5.41) is 13.0. The minimum Gasteiger partial charge on any atom is -0.493 e. The molecule has 1 saturated carbocycles. The monoisotopic (exact) mass is 381 g/mol. The van der Waals surface area contributed by atoms with E-state index in [0.29, 0.717) is 13.1 Å². The van der Waals surface area contributed by atoms with E-state index in [2.05, 4.69) is 16.4 Å². The second-order valence-corrected chi connectivity index (χ2v) is 7.89. The number of amides is 1. The van der Waals surface area contributed by atoms with Crippen LogP contribution in [0.25, 0.3) is 0 Å². The molecule has 0 radical (unpaired) electrons. The lowest BCUT2D eigenvalue weighted by Crippen LogP contribution is -2.44. The number of nitrogens with one attached hydrogen (secondary N) is 1. The van der Waals surface area contributed by atoms with Crippen molar-refractivity contribution in [3.05, 3.63) is 59.4 Å². The molecule has 1 unspecified atom stereocenters. The molecule has 1 aromatic heterocycles. The number of hydrogen-bond acceptors (Lipinski definition) is 5. The molecule has 0 spiro atoms. The van der Waals surface area contributed by atoms with E-state index in [1.165, 1.54) is 5.56 Å². The zero-order valence-electron chi connectivity index (χ0n) is 16.2. The quantitative estimate of drug-likeness (QED) is 0.768. The third kappa shape index (κ3) is 4.34. The highest BCUT2D eigenvalue weighted by Crippen LogP contribution is 2.39. The van der Waals surface area contributed by atoms with Crippen LogP contribution in [0, 0.1) is 5.92 Å². The van der Waals surface area contributed by atoms with Gasteiger partial charge in [0.2, 0.25) is 5.91 Å². The summed E-state index contributed by atoms with van der Waals surface area (Å²) in [7, 11) is 1.92. The van der Waals surface area contributed by atoms with Crippen LogP contribution in [0.5, 0.6) is 5.75 Å². The molecule has 1 atom stereocenters. The van der Waals surface area contributed by atoms with Crippen LogP contribution in [-0.4, -0.2) is 47.2 Å². The van der Waals surface area contributed by atoms with E-state index in [-0.39, 0.29) is 24.0 Å². The molecule has 1 aliphatic carbocycles. The van der Waals surface area contributed by atoms with Crippen molar-refractivity contribution >= 4 is 5.91 Å². The molecule has 6 heteroatoms. The van der Waals surface area contributed by atoms with Crippen LogP contribution in [-0.2, 0) is 17.8 Å². The third-order valence-electron chi connectivity index (χ3n) is 5.58. The first-order valence-corrected chi connectivity index (χ1v) is 9.90. The number of likely N-dealkylation sites (N-methyl/N-ethyl adjacent to an activating group) is 1. The molecule has 1 aromatic carbocycles. The van der Waals surface area contributed by atoms with Gasteiger partial charge in [0.1, 0.15) is 5.75 Å². The number of carbonyl (C=O) groups is 1. The number of hydrogen-bond donors (Lipinski definition) is 2. The molecule has 2 aliphatic rings. The zero-order valence-corrected chi connectivity index (χ0v) is 16.2. The summed E-state index contributed by atoms with van der Waals surface area (Å²) < 4.78 is 5.60. The van der Waals surface area contributed by atoms with E-state index >= 15 is 0 Å². The van der Waals surface area contributed by atoms with E-state index < -0.39 is 0 Å². The molecule has 1 aliphatic heterocycles. The van der Waals surface area contributed by atoms with E-state index in [0.717, 1.165) is 42.9 Å². The summed E-state index contributed by atoms with van der Waals surface area (Å²) >= 11 is 0. The topological polar surface area (TPSA) is 74.7 Å². The van der Waals surface area contributed by atoms with Gasteiger partial charge in [0.05, 0.1) is 31.0 Å². The second-order valence-electron chi connectivity index (χ2n) is 7.89. The van der Waals surface area contributed by atoms with Gasteiger partial charge < -0.3 is 15.2 Å². The zero-order chi connectivity index (χ0) is 19.5. The van der Waals surface area contributed by atoms with Crippen molar-refractivity contribution < 1.29 is 14.6 Å². The first-order chi connectivity index (χ1) is 13.6. The lowest BCUT2D eigenvalue weighted by atomic mass is 9.75. The van der Waals surface area contributed by atoms with Crippen LogP contribution in [0.2, 0.25) is 0 Å². The number of fused-ring (bicyclic) bond motifs is 1. The van der Waals surface area contributed by atoms with Gasteiger partial charge in [-0.25, -0.2) is 0 Å². The normalized spacial score (nSPS) is 21.5. The average molecular weight is 381 g/mol. The Morgan fingerprint density at radius 1 is 1.36 bits per heavy atom. The van der Waals surface area contributed by atoms with Crippen molar-refractivity contribution in [1.82, 2.24) is 15.2 Å². The first-order valence-electron chi connectivity index (χ1n) is 9.90. The predicted molar refractivity (Wildman–Crippen MR) is 106 cm³/mol. The highest BCUT2D eigenvalue weighted by atomic mass is 16.5. The fraction of sp³-hybridized carbons (Fsp3) is 0.455. The maximum absolute atomic E-state index is 12.7. The molecule has 6 nitrogen and oxygen atoms in total. The van der Waals surface area contributed by atoms with E-state index in [1.54, 1.807) is 6.20 Å². The number of carbonyl (C=O) groups excluding carboxylic acids is 1. The number of ether oxygens (including phenoxy) is 1. The summed E-state index contributed by atoms with van der Waals surface area (Å²) in [6.45, 7) is 1.64. The Labute approximate surface area is 165 Å². The number of pyridine rings is 1. The van der Waals surface area contributed by atoms with Crippen LogP contribution in [0.4, 0.5) is 0 Å². The van der Waals surface area contributed by atoms with Crippen LogP contribution >= 0.6 is 0 Å². The van der Waals surface area contributed by atoms with Crippen molar-refractivity contribution in [2.75, 3.05) is 20.2 Å². The molecule has 2 N–H and O–H groups in total. The van der Waals surface area contributed by atoms with Crippen LogP contribution < -0.4 is 10.1 Å². The molecular formula is C22H27N3O3. The van der Waals surface area contributed by atoms with Crippen molar-refractivity contribution in [1.29, 1.82) is 0 Å². The van der Waals surface area contributed by atoms with Crippen LogP contribution in [0.1, 0.15) is 35.7 Å². The number of nitrogens with zero attached hydrogens (tertiary/aromatic N) is 2. The van der Waals surface area contributed by atoms with Gasteiger partial charge in [-0.2, -0.15) is 0 Å². The Bertz CT molecular complexity index is 821. The lowest BCUT2D eigenvalue weighted by Gasteiger charge is -2.38. The molecule has 0 saturated heterocycles. The molecule has 4 rings (SSSR count). The number of benzene rings is 1. The van der Waals surface area contributed by atoms with Crippen LogP contribution in [0.3, 0.4) is 0 Å². The minimum atomic E-state index is -0.256. The van der Waals surface area contributed by atoms with Gasteiger partial charge in [0.15, 0.2) is 0 Å². The Hall–Kier alpha value is -2.44. The fourth-order valence-electron chi connectivity index (χ4n) is 4.06. The number of rotatable bonds is 7. The Morgan fingerprint density at radius 2 is 2.21 bits per heavy atom. The minimum absolute atomic E-state index is 0.0124. The standard InChI is InChI=1S/C22H27N3O3/c1-25(13-18-4-2-3-8-23-18)14-21(27)24-22(17-11-19(26)12-17)16-5-6-20-15(10-16)7-9-28-20/h2-6,8,10,17,19,22,26H,7,9,11-14H2,1H3,(H,24,27). The molecular weight excluding hydrogens is 354 g/mol. The molecule has 0 bridgehead atoms. The second kappa shape index (κ2) is 8.29. The van der Waals surface area contributed by atoms with Crippen molar-refractivity contribution in [3.8, 4) is 5.75 Å². The number of aromatic nitrogens is 1. The van der Waals surface area contributed by atoms with Gasteiger partial charge in [-0.05, 0) is 61.2 Å². The molecule has 1 fully saturated rings. The number of aliphatic hydroxyl groups is 1. The Balaban J connectivity index is 1.41. The number of aliphatic hydroxyl groups excluding tert-OH is 1. The largest absolute Gasteiger partial charge is 0.493 e. The maximum atomic E-state index is 12.7. The van der Waals surface area contributed by atoms with E-state index in [1.807, 2.05) is 42.3 Å². The molecule has 2 heterocycles. The van der Waals surface area contributed by atoms with Crippen molar-refractivity contribution in [2.24, 2.45) is 5.92 Å². The highest BCUT2D eigenvalue weighted by molar-refractivity contribution is 5.78. The van der Waals surface area contributed by atoms with Gasteiger partial charge >= 0.3 is 0 Å². The summed E-state index contributed by atoms with van der Waals surface area (Å²) in [5.41, 5.74) is 3.24. The molecule has 2 aromatic rings. The highest BCUT2D eigenvalue weighted by Gasteiger charge is 2.36. The SMILES string of the molecule is CN(CC(=O)NC(c1ccc2c(c1)CCO2)C1CC(O)C1)Cc1ccccn1. The van der Waals surface area contributed by atoms with E-state index in [4.69, 9.17) is 4.74 Å². The molecule has 1 amide bonds. The van der Waals surface area contributed by atoms with Gasteiger partial charge in [-0.1, -0.05) is 12.1 Å². The van der Waals surface area contributed by atoms with E-state index in [9.17, 15) is 9.90 Å². The average Bonchev–Trinajstić information content (AvgIpc) is 3.12. The third-order valence-corrected chi connectivity index (χ3v) is 5.58. The summed E-state index contributed by atoms with van der Waals surface area (Å²) in [5.74, 6) is 1.19. The van der Waals surface area contributed by atoms with Gasteiger partial charge in [-0.15, -0.1) is 0 Å². The Morgan fingerprint density at radius 3 is 2.96 bits per heavy atom. The molecule has 28 heavy (non-hydrogen) atoms.